The minimum atomic E-state index is -4.29. The molecule has 142 valence electrons. The van der Waals surface area contributed by atoms with E-state index < -0.39 is 11.7 Å². The lowest BCUT2D eigenvalue weighted by Gasteiger charge is -2.40. The molecule has 2 aromatic rings. The molecular weight excluding hydrogens is 349 g/mol. The van der Waals surface area contributed by atoms with E-state index in [-0.39, 0.29) is 0 Å². The van der Waals surface area contributed by atoms with Crippen LogP contribution < -0.4 is 0 Å². The fourth-order valence-electron chi connectivity index (χ4n) is 4.07. The monoisotopic (exact) mass is 372 g/mol. The van der Waals surface area contributed by atoms with Crippen molar-refractivity contribution >= 4 is 6.08 Å². The van der Waals surface area contributed by atoms with E-state index in [2.05, 4.69) is 46.3 Å². The predicted molar refractivity (Wildman–Crippen MR) is 101 cm³/mol. The Kier molecular flexibility index (Phi) is 4.96. The number of piperidine rings is 1. The maximum Gasteiger partial charge on any atom is 0.416 e. The van der Waals surface area contributed by atoms with E-state index in [0.29, 0.717) is 12.6 Å². The van der Waals surface area contributed by atoms with Gasteiger partial charge in [-0.15, -0.1) is 0 Å². The summed E-state index contributed by atoms with van der Waals surface area (Å²) >= 11 is 0. The maximum absolute atomic E-state index is 12.9. The lowest BCUT2D eigenvalue weighted by molar-refractivity contribution is -0.137. The lowest BCUT2D eigenvalue weighted by Crippen LogP contribution is -2.45. The molecule has 2 nitrogen and oxygen atoms in total. The number of halogens is 3. The molecule has 1 fully saturated rings. The second kappa shape index (κ2) is 7.39. The van der Waals surface area contributed by atoms with Gasteiger partial charge >= 0.3 is 6.18 Å². The van der Waals surface area contributed by atoms with Gasteiger partial charge in [0, 0.05) is 31.9 Å². The van der Waals surface area contributed by atoms with Crippen LogP contribution in [0.15, 0.2) is 54.7 Å². The van der Waals surface area contributed by atoms with Crippen LogP contribution in [0.3, 0.4) is 0 Å². The molecule has 0 spiro atoms. The topological polar surface area (TPSA) is 6.48 Å². The maximum atomic E-state index is 12.9. The Balaban J connectivity index is 1.42. The lowest BCUT2D eigenvalue weighted by atomic mass is 9.99. The van der Waals surface area contributed by atoms with Gasteiger partial charge in [0.15, 0.2) is 0 Å². The van der Waals surface area contributed by atoms with Gasteiger partial charge in [-0.3, -0.25) is 4.90 Å². The summed E-state index contributed by atoms with van der Waals surface area (Å²) < 4.78 is 38.8. The average Bonchev–Trinajstić information content (AvgIpc) is 2.67. The number of alkyl halides is 3. The van der Waals surface area contributed by atoms with Gasteiger partial charge in [-0.1, -0.05) is 42.5 Å². The molecule has 0 aliphatic carbocycles. The highest BCUT2D eigenvalue weighted by Crippen LogP contribution is 2.30. The van der Waals surface area contributed by atoms with E-state index in [9.17, 15) is 13.2 Å². The standard InChI is InChI=1S/C22H23F3N2/c23-22(24,25)20-8-3-5-17(13-20)14-26-11-4-9-21(16-26)27-12-10-18-6-1-2-7-19(18)15-27/h1-3,5-8,10,12-13,21H,4,9,11,14-16H2. The molecule has 2 aromatic carbocycles. The summed E-state index contributed by atoms with van der Waals surface area (Å²) in [4.78, 5) is 4.65. The first kappa shape index (κ1) is 18.1. The van der Waals surface area contributed by atoms with Crippen LogP contribution >= 0.6 is 0 Å². The molecule has 1 atom stereocenters. The summed E-state index contributed by atoms with van der Waals surface area (Å²) in [5, 5.41) is 0. The first-order chi connectivity index (χ1) is 13.0. The minimum absolute atomic E-state index is 0.397. The second-order valence-corrected chi connectivity index (χ2v) is 7.42. The average molecular weight is 372 g/mol. The fraction of sp³-hybridized carbons (Fsp3) is 0.364. The van der Waals surface area contributed by atoms with Crippen LogP contribution in [0.2, 0.25) is 0 Å². The molecule has 5 heteroatoms. The van der Waals surface area contributed by atoms with E-state index in [0.717, 1.165) is 44.1 Å². The normalized spacial score (nSPS) is 20.6. The van der Waals surface area contributed by atoms with Crippen LogP contribution in [0.5, 0.6) is 0 Å². The van der Waals surface area contributed by atoms with Crippen molar-refractivity contribution in [2.75, 3.05) is 13.1 Å². The third-order valence-electron chi connectivity index (χ3n) is 5.46. The van der Waals surface area contributed by atoms with Crippen LogP contribution in [-0.2, 0) is 19.3 Å². The molecule has 1 saturated heterocycles. The zero-order chi connectivity index (χ0) is 18.9. The van der Waals surface area contributed by atoms with E-state index in [4.69, 9.17) is 0 Å². The molecule has 2 aliphatic rings. The Morgan fingerprint density at radius 1 is 1.04 bits per heavy atom. The van der Waals surface area contributed by atoms with Crippen molar-refractivity contribution < 1.29 is 13.2 Å². The number of rotatable bonds is 3. The summed E-state index contributed by atoms with van der Waals surface area (Å²) in [5.41, 5.74) is 2.76. The molecule has 0 amide bonds. The highest BCUT2D eigenvalue weighted by atomic mass is 19.4. The molecule has 0 saturated carbocycles. The SMILES string of the molecule is FC(F)(F)c1cccc(CN2CCCC(N3C=Cc4ccccc4C3)C2)c1. The van der Waals surface area contributed by atoms with Crippen molar-refractivity contribution in [2.45, 2.75) is 38.1 Å². The Bertz CT molecular complexity index is 828. The van der Waals surface area contributed by atoms with Gasteiger partial charge in [0.1, 0.15) is 0 Å². The molecule has 0 aromatic heterocycles. The van der Waals surface area contributed by atoms with Gasteiger partial charge in [0.05, 0.1) is 5.56 Å². The number of fused-ring (bicyclic) bond motifs is 1. The first-order valence-corrected chi connectivity index (χ1v) is 9.39. The molecule has 0 bridgehead atoms. The quantitative estimate of drug-likeness (QED) is 0.735. The highest BCUT2D eigenvalue weighted by Gasteiger charge is 2.31. The highest BCUT2D eigenvalue weighted by molar-refractivity contribution is 5.55. The molecule has 2 aliphatic heterocycles. The third kappa shape index (κ3) is 4.19. The molecule has 4 rings (SSSR count). The van der Waals surface area contributed by atoms with Crippen LogP contribution in [0.1, 0.15) is 35.1 Å². The van der Waals surface area contributed by atoms with Gasteiger partial charge in [0.25, 0.3) is 0 Å². The molecule has 0 N–H and O–H groups in total. The van der Waals surface area contributed by atoms with Crippen molar-refractivity contribution in [3.63, 3.8) is 0 Å². The molecule has 1 unspecified atom stereocenters. The summed E-state index contributed by atoms with van der Waals surface area (Å²) in [5.74, 6) is 0. The van der Waals surface area contributed by atoms with Crippen molar-refractivity contribution in [1.82, 2.24) is 9.80 Å². The van der Waals surface area contributed by atoms with Crippen molar-refractivity contribution in [2.24, 2.45) is 0 Å². The van der Waals surface area contributed by atoms with Crippen molar-refractivity contribution in [3.05, 3.63) is 77.0 Å². The number of nitrogens with zero attached hydrogens (tertiary/aromatic N) is 2. The van der Waals surface area contributed by atoms with Gasteiger partial charge in [-0.05, 0) is 48.2 Å². The summed E-state index contributed by atoms with van der Waals surface area (Å²) in [6.07, 6.45) is 2.22. The van der Waals surface area contributed by atoms with E-state index >= 15 is 0 Å². The van der Waals surface area contributed by atoms with Crippen LogP contribution in [0.25, 0.3) is 6.08 Å². The number of hydrogen-bond acceptors (Lipinski definition) is 2. The zero-order valence-corrected chi connectivity index (χ0v) is 15.1. The van der Waals surface area contributed by atoms with E-state index in [1.165, 1.54) is 23.3 Å². The van der Waals surface area contributed by atoms with E-state index in [1.54, 1.807) is 6.07 Å². The Hall–Kier alpha value is -2.27. The van der Waals surface area contributed by atoms with Gasteiger partial charge in [0.2, 0.25) is 0 Å². The van der Waals surface area contributed by atoms with Crippen molar-refractivity contribution in [1.29, 1.82) is 0 Å². The van der Waals surface area contributed by atoms with Crippen LogP contribution in [-0.4, -0.2) is 28.9 Å². The number of likely N-dealkylation sites (tertiary alicyclic amines) is 1. The van der Waals surface area contributed by atoms with Crippen LogP contribution in [0, 0.1) is 0 Å². The third-order valence-corrected chi connectivity index (χ3v) is 5.46. The largest absolute Gasteiger partial charge is 0.416 e. The minimum Gasteiger partial charge on any atom is -0.369 e. The predicted octanol–water partition coefficient (Wildman–Crippen LogP) is 5.16. The molecule has 0 radical (unpaired) electrons. The molecular formula is C22H23F3N2. The molecule has 27 heavy (non-hydrogen) atoms. The van der Waals surface area contributed by atoms with Gasteiger partial charge < -0.3 is 4.90 Å². The summed E-state index contributed by atoms with van der Waals surface area (Å²) in [6.45, 7) is 3.27. The van der Waals surface area contributed by atoms with Crippen LogP contribution in [0.4, 0.5) is 13.2 Å². The number of hydrogen-bond donors (Lipinski definition) is 0. The van der Waals surface area contributed by atoms with Crippen molar-refractivity contribution in [3.8, 4) is 0 Å². The Morgan fingerprint density at radius 3 is 2.74 bits per heavy atom. The Labute approximate surface area is 157 Å². The molecule has 2 heterocycles. The zero-order valence-electron chi connectivity index (χ0n) is 15.1. The summed E-state index contributed by atoms with van der Waals surface area (Å²) in [6, 6.07) is 14.5. The van der Waals surface area contributed by atoms with Gasteiger partial charge in [-0.25, -0.2) is 0 Å². The number of benzene rings is 2. The Morgan fingerprint density at radius 2 is 1.89 bits per heavy atom. The van der Waals surface area contributed by atoms with E-state index in [1.807, 2.05) is 0 Å². The first-order valence-electron chi connectivity index (χ1n) is 9.39. The fourth-order valence-corrected chi connectivity index (χ4v) is 4.07. The smallest absolute Gasteiger partial charge is 0.369 e. The van der Waals surface area contributed by atoms with Gasteiger partial charge in [-0.2, -0.15) is 13.2 Å². The second-order valence-electron chi connectivity index (χ2n) is 7.42. The summed E-state index contributed by atoms with van der Waals surface area (Å²) in [7, 11) is 0.